The molecule has 0 bridgehead atoms. The number of nitrogens with zero attached hydrogens (tertiary/aromatic N) is 2. The largest absolute Gasteiger partial charge is 0.302 e. The highest BCUT2D eigenvalue weighted by Gasteiger charge is 2.34. The van der Waals surface area contributed by atoms with Crippen LogP contribution < -0.4 is 4.90 Å². The van der Waals surface area contributed by atoms with Crippen LogP contribution in [0.1, 0.15) is 6.42 Å². The third-order valence-electron chi connectivity index (χ3n) is 2.70. The first kappa shape index (κ1) is 14.6. The predicted octanol–water partition coefficient (Wildman–Crippen LogP) is 1.48. The second-order valence-electron chi connectivity index (χ2n) is 4.22. The van der Waals surface area contributed by atoms with Crippen molar-refractivity contribution in [3.63, 3.8) is 0 Å². The predicted molar refractivity (Wildman–Crippen MR) is 72.3 cm³/mol. The van der Waals surface area contributed by atoms with Crippen molar-refractivity contribution in [3.05, 3.63) is 21.7 Å². The van der Waals surface area contributed by atoms with Crippen molar-refractivity contribution in [2.75, 3.05) is 17.2 Å². The Bertz CT molecular complexity index is 623. The maximum atomic E-state index is 13.3. The molecule has 104 valence electrons. The highest BCUT2D eigenvalue weighted by molar-refractivity contribution is 14.1. The average molecular weight is 402 g/mol. The van der Waals surface area contributed by atoms with E-state index in [1.165, 1.54) is 17.0 Å². The molecule has 0 aromatic carbocycles. The van der Waals surface area contributed by atoms with E-state index in [4.69, 9.17) is 0 Å². The van der Waals surface area contributed by atoms with Crippen molar-refractivity contribution < 1.29 is 21.5 Å². The first-order chi connectivity index (χ1) is 8.76. The van der Waals surface area contributed by atoms with Crippen molar-refractivity contribution in [1.82, 2.24) is 4.98 Å². The molecule has 2 heterocycles. The zero-order valence-corrected chi connectivity index (χ0v) is 12.5. The van der Waals surface area contributed by atoms with E-state index in [9.17, 15) is 21.5 Å². The Kier molecular flexibility index (Phi) is 4.04. The molecule has 1 aliphatic rings. The number of anilines is 1. The third-order valence-corrected chi connectivity index (χ3v) is 4.38. The Balaban J connectivity index is 2.18. The molecule has 0 radical (unpaired) electrons. The van der Waals surface area contributed by atoms with Gasteiger partial charge in [0.15, 0.2) is 0 Å². The average Bonchev–Trinajstić information content (AvgIpc) is 2.61. The van der Waals surface area contributed by atoms with Crippen LogP contribution >= 0.6 is 22.6 Å². The molecule has 1 amide bonds. The lowest BCUT2D eigenvalue weighted by molar-refractivity contribution is -0.117. The molecule has 0 N–H and O–H groups in total. The van der Waals surface area contributed by atoms with Crippen LogP contribution in [0.25, 0.3) is 0 Å². The molecule has 1 aliphatic heterocycles. The molecule has 9 heteroatoms. The SMILES string of the molecule is O=C1CC(CS(=O)(=O)F)CN1c1ccc(I)c(F)n1. The van der Waals surface area contributed by atoms with Crippen molar-refractivity contribution in [1.29, 1.82) is 0 Å². The van der Waals surface area contributed by atoms with Gasteiger partial charge in [-0.1, -0.05) is 0 Å². The molecule has 2 rings (SSSR count). The molecule has 0 saturated carbocycles. The Hall–Kier alpha value is -0.840. The normalized spacial score (nSPS) is 20.1. The molecular weight excluding hydrogens is 393 g/mol. The number of amides is 1. The van der Waals surface area contributed by atoms with Crippen LogP contribution in [0.15, 0.2) is 12.1 Å². The van der Waals surface area contributed by atoms with Crippen molar-refractivity contribution in [3.8, 4) is 0 Å². The number of rotatable bonds is 3. The van der Waals surface area contributed by atoms with E-state index >= 15 is 0 Å². The zero-order chi connectivity index (χ0) is 14.2. The first-order valence-electron chi connectivity index (χ1n) is 5.31. The number of pyridine rings is 1. The van der Waals surface area contributed by atoms with Crippen LogP contribution in [0.3, 0.4) is 0 Å². The fourth-order valence-electron chi connectivity index (χ4n) is 1.95. The minimum Gasteiger partial charge on any atom is -0.296 e. The summed E-state index contributed by atoms with van der Waals surface area (Å²) < 4.78 is 47.3. The van der Waals surface area contributed by atoms with Gasteiger partial charge in [-0.3, -0.25) is 9.69 Å². The number of aromatic nitrogens is 1. The molecule has 19 heavy (non-hydrogen) atoms. The Labute approximate surface area is 122 Å². The van der Waals surface area contributed by atoms with Crippen LogP contribution in [-0.2, 0) is 15.0 Å². The van der Waals surface area contributed by atoms with E-state index < -0.39 is 27.8 Å². The summed E-state index contributed by atoms with van der Waals surface area (Å²) >= 11 is 1.76. The second kappa shape index (κ2) is 5.27. The van der Waals surface area contributed by atoms with E-state index in [2.05, 4.69) is 4.98 Å². The molecule has 0 aliphatic carbocycles. The summed E-state index contributed by atoms with van der Waals surface area (Å²) in [5.74, 6) is -2.32. The van der Waals surface area contributed by atoms with E-state index in [-0.39, 0.29) is 24.7 Å². The van der Waals surface area contributed by atoms with Gasteiger partial charge in [0.05, 0.1) is 9.32 Å². The summed E-state index contributed by atoms with van der Waals surface area (Å²) in [6.45, 7) is 0.0228. The van der Waals surface area contributed by atoms with Gasteiger partial charge in [0.25, 0.3) is 0 Å². The third kappa shape index (κ3) is 3.59. The summed E-state index contributed by atoms with van der Waals surface area (Å²) in [6, 6.07) is 2.93. The molecule has 5 nitrogen and oxygen atoms in total. The monoisotopic (exact) mass is 402 g/mol. The lowest BCUT2D eigenvalue weighted by Gasteiger charge is -2.15. The molecule has 0 spiro atoms. The smallest absolute Gasteiger partial charge is 0.296 e. The number of carbonyl (C=O) groups is 1. The van der Waals surface area contributed by atoms with Crippen LogP contribution in [0.2, 0.25) is 0 Å². The maximum Gasteiger partial charge on any atom is 0.302 e. The fourth-order valence-corrected chi connectivity index (χ4v) is 3.04. The van der Waals surface area contributed by atoms with Crippen LogP contribution in [-0.4, -0.2) is 31.6 Å². The van der Waals surface area contributed by atoms with Gasteiger partial charge in [0.1, 0.15) is 5.82 Å². The minimum atomic E-state index is -4.63. The van der Waals surface area contributed by atoms with Gasteiger partial charge in [-0.05, 0) is 34.7 Å². The summed E-state index contributed by atoms with van der Waals surface area (Å²) in [5.41, 5.74) is 0. The van der Waals surface area contributed by atoms with Crippen LogP contribution in [0.5, 0.6) is 0 Å². The van der Waals surface area contributed by atoms with Gasteiger partial charge in [-0.2, -0.15) is 12.8 Å². The maximum absolute atomic E-state index is 13.3. The van der Waals surface area contributed by atoms with Gasteiger partial charge in [0, 0.05) is 18.9 Å². The number of hydrogen-bond donors (Lipinski definition) is 0. The van der Waals surface area contributed by atoms with Gasteiger partial charge in [-0.15, -0.1) is 3.89 Å². The van der Waals surface area contributed by atoms with E-state index in [0.29, 0.717) is 3.57 Å². The van der Waals surface area contributed by atoms with Crippen LogP contribution in [0.4, 0.5) is 14.1 Å². The van der Waals surface area contributed by atoms with E-state index in [0.717, 1.165) is 0 Å². The standard InChI is InChI=1S/C10H9F2IN2O3S/c11-10-7(13)1-2-8(14-10)15-4-6(3-9(15)16)5-19(12,17)18/h1-2,6H,3-5H2. The molecular formula is C10H9F2IN2O3S. The molecule has 1 aromatic rings. The topological polar surface area (TPSA) is 67.3 Å². The van der Waals surface area contributed by atoms with Gasteiger partial charge < -0.3 is 0 Å². The quantitative estimate of drug-likeness (QED) is 0.437. The molecule has 1 fully saturated rings. The highest BCUT2D eigenvalue weighted by atomic mass is 127. The summed E-state index contributed by atoms with van der Waals surface area (Å²) in [7, 11) is -4.63. The summed E-state index contributed by atoms with van der Waals surface area (Å²) in [5, 5.41) is 0. The van der Waals surface area contributed by atoms with Gasteiger partial charge >= 0.3 is 10.2 Å². The number of hydrogen-bond acceptors (Lipinski definition) is 4. The van der Waals surface area contributed by atoms with Crippen molar-refractivity contribution in [2.24, 2.45) is 5.92 Å². The number of carbonyl (C=O) groups excluding carboxylic acids is 1. The molecule has 1 aromatic heterocycles. The molecule has 1 saturated heterocycles. The fraction of sp³-hybridized carbons (Fsp3) is 0.400. The number of halogens is 3. The lowest BCUT2D eigenvalue weighted by Crippen LogP contribution is -2.26. The van der Waals surface area contributed by atoms with E-state index in [1.54, 1.807) is 22.6 Å². The molecule has 1 unspecified atom stereocenters. The Morgan fingerprint density at radius 1 is 1.47 bits per heavy atom. The lowest BCUT2D eigenvalue weighted by atomic mass is 10.1. The van der Waals surface area contributed by atoms with Crippen LogP contribution in [0, 0.1) is 15.4 Å². The first-order valence-corrected chi connectivity index (χ1v) is 7.94. The highest BCUT2D eigenvalue weighted by Crippen LogP contribution is 2.25. The second-order valence-corrected chi connectivity index (χ2v) is 6.80. The minimum absolute atomic E-state index is 0.0228. The van der Waals surface area contributed by atoms with Gasteiger partial charge in [0.2, 0.25) is 11.9 Å². The van der Waals surface area contributed by atoms with Crippen molar-refractivity contribution >= 4 is 44.5 Å². The van der Waals surface area contributed by atoms with Gasteiger partial charge in [-0.25, -0.2) is 4.98 Å². The zero-order valence-electron chi connectivity index (χ0n) is 9.51. The molecule has 1 atom stereocenters. The summed E-state index contributed by atoms with van der Waals surface area (Å²) in [4.78, 5) is 16.5. The Morgan fingerprint density at radius 2 is 2.16 bits per heavy atom. The Morgan fingerprint density at radius 3 is 2.74 bits per heavy atom. The summed E-state index contributed by atoms with van der Waals surface area (Å²) in [6.07, 6.45) is -0.0849. The van der Waals surface area contributed by atoms with E-state index in [1.807, 2.05) is 0 Å². The van der Waals surface area contributed by atoms with Crippen molar-refractivity contribution in [2.45, 2.75) is 6.42 Å².